The van der Waals surface area contributed by atoms with Crippen LogP contribution in [0.5, 0.6) is 0 Å². The molecule has 1 fully saturated rings. The van der Waals surface area contributed by atoms with Crippen molar-refractivity contribution in [2.75, 3.05) is 18.9 Å². The summed E-state index contributed by atoms with van der Waals surface area (Å²) in [6.45, 7) is 2.19. The fourth-order valence-electron chi connectivity index (χ4n) is 3.04. The molecule has 7 heteroatoms. The van der Waals surface area contributed by atoms with Crippen molar-refractivity contribution in [2.24, 2.45) is 17.6 Å². The molecule has 0 spiro atoms. The Morgan fingerprint density at radius 2 is 2.09 bits per heavy atom. The van der Waals surface area contributed by atoms with Gasteiger partial charge in [-0.25, -0.2) is 13.1 Å². The van der Waals surface area contributed by atoms with Crippen LogP contribution in [-0.4, -0.2) is 27.9 Å². The van der Waals surface area contributed by atoms with E-state index in [0.717, 1.165) is 19.3 Å². The van der Waals surface area contributed by atoms with Crippen LogP contribution in [-0.2, 0) is 14.8 Å². The summed E-state index contributed by atoms with van der Waals surface area (Å²) >= 11 is 0. The maximum absolute atomic E-state index is 12.4. The summed E-state index contributed by atoms with van der Waals surface area (Å²) in [5.74, 6) is 0.0496. The molecular formula is C15H23N3O3S. The van der Waals surface area contributed by atoms with Crippen molar-refractivity contribution < 1.29 is 13.2 Å². The number of benzene rings is 1. The normalized spacial score (nSPS) is 21.8. The molecule has 1 aromatic rings. The first-order valence-electron chi connectivity index (χ1n) is 7.44. The van der Waals surface area contributed by atoms with E-state index in [4.69, 9.17) is 5.73 Å². The summed E-state index contributed by atoms with van der Waals surface area (Å²) in [7, 11) is -2.18. The van der Waals surface area contributed by atoms with Gasteiger partial charge in [0, 0.05) is 11.6 Å². The second-order valence-corrected chi connectivity index (χ2v) is 7.51. The van der Waals surface area contributed by atoms with Crippen molar-refractivity contribution in [1.29, 1.82) is 0 Å². The molecule has 0 aliphatic heterocycles. The Hall–Kier alpha value is -1.44. The molecule has 6 nitrogen and oxygen atoms in total. The van der Waals surface area contributed by atoms with E-state index in [2.05, 4.69) is 10.0 Å². The molecule has 2 rings (SSSR count). The van der Waals surface area contributed by atoms with Gasteiger partial charge in [0.05, 0.1) is 4.90 Å². The summed E-state index contributed by atoms with van der Waals surface area (Å²) in [6.07, 6.45) is 2.82. The number of carbonyl (C=O) groups is 1. The lowest BCUT2D eigenvalue weighted by atomic mass is 9.95. The predicted molar refractivity (Wildman–Crippen MR) is 85.9 cm³/mol. The molecule has 1 saturated carbocycles. The van der Waals surface area contributed by atoms with Crippen LogP contribution in [0.4, 0.5) is 5.69 Å². The number of hydrogen-bond acceptors (Lipinski definition) is 4. The summed E-state index contributed by atoms with van der Waals surface area (Å²) in [4.78, 5) is 12.6. The van der Waals surface area contributed by atoms with Gasteiger partial charge in [-0.15, -0.1) is 0 Å². The number of anilines is 1. The van der Waals surface area contributed by atoms with Gasteiger partial charge >= 0.3 is 0 Å². The number of rotatable bonds is 5. The van der Waals surface area contributed by atoms with Crippen molar-refractivity contribution in [2.45, 2.75) is 31.1 Å². The predicted octanol–water partition coefficient (Wildman–Crippen LogP) is 1.22. The van der Waals surface area contributed by atoms with Crippen molar-refractivity contribution in [3.63, 3.8) is 0 Å². The van der Waals surface area contributed by atoms with Crippen LogP contribution in [0.3, 0.4) is 0 Å². The van der Waals surface area contributed by atoms with Gasteiger partial charge in [0.15, 0.2) is 0 Å². The van der Waals surface area contributed by atoms with Gasteiger partial charge in [-0.2, -0.15) is 0 Å². The lowest BCUT2D eigenvalue weighted by Gasteiger charge is -2.19. The van der Waals surface area contributed by atoms with Gasteiger partial charge in [0.1, 0.15) is 0 Å². The Bertz CT molecular complexity index is 658. The molecule has 122 valence electrons. The van der Waals surface area contributed by atoms with E-state index < -0.39 is 10.0 Å². The first-order chi connectivity index (χ1) is 10.4. The van der Waals surface area contributed by atoms with Crippen LogP contribution < -0.4 is 15.8 Å². The third-order valence-corrected chi connectivity index (χ3v) is 5.96. The summed E-state index contributed by atoms with van der Waals surface area (Å²) < 4.78 is 26.2. The molecule has 0 aromatic heterocycles. The number of nitrogens with one attached hydrogen (secondary N) is 2. The lowest BCUT2D eigenvalue weighted by molar-refractivity contribution is -0.120. The van der Waals surface area contributed by atoms with Crippen LogP contribution in [0.25, 0.3) is 0 Å². The van der Waals surface area contributed by atoms with Crippen LogP contribution in [0.15, 0.2) is 23.1 Å². The molecule has 0 heterocycles. The second-order valence-electron chi connectivity index (χ2n) is 5.66. The smallest absolute Gasteiger partial charge is 0.240 e. The van der Waals surface area contributed by atoms with Crippen molar-refractivity contribution in [3.05, 3.63) is 23.8 Å². The van der Waals surface area contributed by atoms with E-state index >= 15 is 0 Å². The number of carbonyl (C=O) groups excluding carboxylic acids is 1. The monoisotopic (exact) mass is 325 g/mol. The van der Waals surface area contributed by atoms with Crippen molar-refractivity contribution in [3.8, 4) is 0 Å². The highest BCUT2D eigenvalue weighted by atomic mass is 32.2. The highest BCUT2D eigenvalue weighted by Gasteiger charge is 2.32. The van der Waals surface area contributed by atoms with Gasteiger partial charge in [-0.05, 0) is 57.0 Å². The molecule has 0 unspecified atom stereocenters. The minimum absolute atomic E-state index is 0.0740. The van der Waals surface area contributed by atoms with E-state index in [1.54, 1.807) is 19.1 Å². The molecular weight excluding hydrogens is 302 g/mol. The molecule has 1 aliphatic carbocycles. The van der Waals surface area contributed by atoms with E-state index in [0.29, 0.717) is 17.8 Å². The van der Waals surface area contributed by atoms with E-state index in [-0.39, 0.29) is 22.6 Å². The average molecular weight is 325 g/mol. The largest absolute Gasteiger partial charge is 0.330 e. The topological polar surface area (TPSA) is 101 Å². The fraction of sp³-hybridized carbons (Fsp3) is 0.533. The van der Waals surface area contributed by atoms with Crippen LogP contribution in [0.2, 0.25) is 0 Å². The fourth-order valence-corrected chi connectivity index (χ4v) is 4.03. The molecule has 1 amide bonds. The van der Waals surface area contributed by atoms with Crippen LogP contribution in [0, 0.1) is 18.8 Å². The maximum atomic E-state index is 12.4. The standard InChI is InChI=1S/C15H23N3O3S/c1-10-13(7-4-8-14(10)22(20,21)17-2)18-15(19)12-6-3-5-11(12)9-16/h4,7-8,11-12,17H,3,5-6,9,16H2,1-2H3,(H,18,19)/t11-,12-/m1/s1. The molecule has 0 bridgehead atoms. The van der Waals surface area contributed by atoms with E-state index in [1.165, 1.54) is 13.1 Å². The van der Waals surface area contributed by atoms with Crippen molar-refractivity contribution in [1.82, 2.24) is 4.72 Å². The molecule has 0 saturated heterocycles. The molecule has 2 atom stereocenters. The number of nitrogens with two attached hydrogens (primary N) is 1. The van der Waals surface area contributed by atoms with E-state index in [1.807, 2.05) is 0 Å². The number of amides is 1. The van der Waals surface area contributed by atoms with Gasteiger partial charge in [-0.1, -0.05) is 12.5 Å². The molecule has 1 aromatic carbocycles. The quantitative estimate of drug-likeness (QED) is 0.757. The van der Waals surface area contributed by atoms with Gasteiger partial charge in [0.25, 0.3) is 0 Å². The maximum Gasteiger partial charge on any atom is 0.240 e. The zero-order valence-electron chi connectivity index (χ0n) is 12.9. The Morgan fingerprint density at radius 1 is 1.36 bits per heavy atom. The third-order valence-electron chi connectivity index (χ3n) is 4.40. The van der Waals surface area contributed by atoms with E-state index in [9.17, 15) is 13.2 Å². The molecule has 1 aliphatic rings. The minimum atomic E-state index is -3.54. The van der Waals surface area contributed by atoms with Crippen molar-refractivity contribution >= 4 is 21.6 Å². The summed E-state index contributed by atoms with van der Waals surface area (Å²) in [5, 5.41) is 2.87. The molecule has 4 N–H and O–H groups in total. The van der Waals surface area contributed by atoms with Gasteiger partial charge < -0.3 is 11.1 Å². The lowest BCUT2D eigenvalue weighted by Crippen LogP contribution is -2.30. The first kappa shape index (κ1) is 16.9. The molecule has 22 heavy (non-hydrogen) atoms. The second kappa shape index (κ2) is 6.76. The minimum Gasteiger partial charge on any atom is -0.330 e. The SMILES string of the molecule is CNS(=O)(=O)c1cccc(NC(=O)[C@@H]2CCC[C@@H]2CN)c1C. The zero-order chi connectivity index (χ0) is 16.3. The highest BCUT2D eigenvalue weighted by Crippen LogP contribution is 2.32. The van der Waals surface area contributed by atoms with Crippen LogP contribution >= 0.6 is 0 Å². The Balaban J connectivity index is 2.24. The number of hydrogen-bond donors (Lipinski definition) is 3. The first-order valence-corrected chi connectivity index (χ1v) is 8.93. The van der Waals surface area contributed by atoms with Gasteiger partial charge in [0.2, 0.25) is 15.9 Å². The Morgan fingerprint density at radius 3 is 2.73 bits per heavy atom. The Labute approximate surface area is 131 Å². The third kappa shape index (κ3) is 3.31. The molecule has 0 radical (unpaired) electrons. The summed E-state index contributed by atoms with van der Waals surface area (Å²) in [6, 6.07) is 4.87. The average Bonchev–Trinajstić information content (AvgIpc) is 2.97. The number of sulfonamides is 1. The summed E-state index contributed by atoms with van der Waals surface area (Å²) in [5.41, 5.74) is 6.78. The highest BCUT2D eigenvalue weighted by molar-refractivity contribution is 7.89. The zero-order valence-corrected chi connectivity index (χ0v) is 13.7. The van der Waals surface area contributed by atoms with Gasteiger partial charge in [-0.3, -0.25) is 4.79 Å². The Kier molecular flexibility index (Phi) is 5.20. The van der Waals surface area contributed by atoms with Crippen LogP contribution in [0.1, 0.15) is 24.8 Å².